The van der Waals surface area contributed by atoms with Crippen molar-refractivity contribution in [1.82, 2.24) is 10.2 Å². The fourth-order valence-corrected chi connectivity index (χ4v) is 4.83. The highest BCUT2D eigenvalue weighted by Gasteiger charge is 2.40. The molecule has 28 heavy (non-hydrogen) atoms. The lowest BCUT2D eigenvalue weighted by Gasteiger charge is -2.39. The average Bonchev–Trinajstić information content (AvgIpc) is 2.90. The van der Waals surface area contributed by atoms with Crippen molar-refractivity contribution >= 4 is 34.8 Å². The first-order valence-electron chi connectivity index (χ1n) is 9.86. The molecule has 0 spiro atoms. The maximum Gasteiger partial charge on any atom is 0.239 e. The summed E-state index contributed by atoms with van der Waals surface area (Å²) in [6.07, 6.45) is 4.47. The molecular weight excluding hydrogens is 393 g/mol. The topological polar surface area (TPSA) is 44.4 Å². The van der Waals surface area contributed by atoms with Crippen molar-refractivity contribution in [3.05, 3.63) is 64.1 Å². The molecule has 0 aliphatic carbocycles. The number of hydrogen-bond donors (Lipinski definition) is 2. The highest BCUT2D eigenvalue weighted by Crippen LogP contribution is 2.37. The molecule has 2 aromatic rings. The largest absolute Gasteiger partial charge is 0.376 e. The third kappa shape index (κ3) is 4.80. The van der Waals surface area contributed by atoms with E-state index in [2.05, 4.69) is 27.7 Å². The third-order valence-electron chi connectivity index (χ3n) is 5.81. The van der Waals surface area contributed by atoms with Crippen LogP contribution >= 0.6 is 23.2 Å². The summed E-state index contributed by atoms with van der Waals surface area (Å²) in [6.45, 7) is 1.23. The maximum atomic E-state index is 12.4. The predicted octanol–water partition coefficient (Wildman–Crippen LogP) is 4.72. The van der Waals surface area contributed by atoms with Crippen molar-refractivity contribution in [2.24, 2.45) is 0 Å². The number of hydrogen-bond acceptors (Lipinski definition) is 3. The molecule has 2 bridgehead atoms. The first-order chi connectivity index (χ1) is 13.6. The Bertz CT molecular complexity index is 813. The average molecular weight is 418 g/mol. The van der Waals surface area contributed by atoms with Crippen molar-refractivity contribution in [1.29, 1.82) is 0 Å². The standard InChI is InChI=1S/C22H25Cl2N3O/c23-16-6-4-15(5-7-16)14-27-20-8-9-21(27)12-19(11-20)26-22(28)13-25-18-3-1-2-17(24)10-18/h1-7,10,19-21,25H,8-9,11-14H2,(H,26,28)/t19-,20+,21-. The second-order valence-corrected chi connectivity index (χ2v) is 8.66. The lowest BCUT2D eigenvalue weighted by molar-refractivity contribution is -0.120. The molecule has 2 aromatic carbocycles. The lowest BCUT2D eigenvalue weighted by Crippen LogP contribution is -2.50. The Labute approximate surface area is 176 Å². The van der Waals surface area contributed by atoms with Crippen molar-refractivity contribution in [2.45, 2.75) is 50.4 Å². The minimum absolute atomic E-state index is 0.0375. The molecule has 2 heterocycles. The Kier molecular flexibility index (Phi) is 6.10. The zero-order valence-corrected chi connectivity index (χ0v) is 17.2. The van der Waals surface area contributed by atoms with Gasteiger partial charge in [-0.1, -0.05) is 41.4 Å². The summed E-state index contributed by atoms with van der Waals surface area (Å²) in [7, 11) is 0. The Balaban J connectivity index is 1.28. The van der Waals surface area contributed by atoms with E-state index in [-0.39, 0.29) is 18.5 Å². The molecular formula is C22H25Cl2N3O. The highest BCUT2D eigenvalue weighted by atomic mass is 35.5. The number of fused-ring (bicyclic) bond motifs is 2. The number of halogens is 2. The van der Waals surface area contributed by atoms with Gasteiger partial charge in [0.05, 0.1) is 6.54 Å². The van der Waals surface area contributed by atoms with Crippen LogP contribution in [-0.4, -0.2) is 35.5 Å². The van der Waals surface area contributed by atoms with Crippen molar-refractivity contribution in [2.75, 3.05) is 11.9 Å². The molecule has 2 fully saturated rings. The van der Waals surface area contributed by atoms with Crippen LogP contribution in [0.3, 0.4) is 0 Å². The summed E-state index contributed by atoms with van der Waals surface area (Å²) in [5, 5.41) is 7.80. The number of rotatable bonds is 6. The monoisotopic (exact) mass is 417 g/mol. The first-order valence-corrected chi connectivity index (χ1v) is 10.6. The Morgan fingerprint density at radius 2 is 1.71 bits per heavy atom. The Hall–Kier alpha value is -1.75. The molecule has 2 saturated heterocycles. The van der Waals surface area contributed by atoms with Gasteiger partial charge < -0.3 is 10.6 Å². The van der Waals surface area contributed by atoms with E-state index in [4.69, 9.17) is 23.2 Å². The van der Waals surface area contributed by atoms with E-state index in [0.717, 1.165) is 30.1 Å². The van der Waals surface area contributed by atoms with E-state index in [1.807, 2.05) is 36.4 Å². The van der Waals surface area contributed by atoms with Crippen LogP contribution in [0.25, 0.3) is 0 Å². The van der Waals surface area contributed by atoms with Gasteiger partial charge in [-0.15, -0.1) is 0 Å². The number of carbonyl (C=O) groups excluding carboxylic acids is 1. The van der Waals surface area contributed by atoms with Crippen LogP contribution in [0, 0.1) is 0 Å². The smallest absolute Gasteiger partial charge is 0.239 e. The van der Waals surface area contributed by atoms with Crippen LogP contribution in [0.15, 0.2) is 48.5 Å². The zero-order chi connectivity index (χ0) is 19.5. The molecule has 0 aromatic heterocycles. The van der Waals surface area contributed by atoms with Crippen LogP contribution in [0.4, 0.5) is 5.69 Å². The summed E-state index contributed by atoms with van der Waals surface area (Å²) in [4.78, 5) is 15.0. The van der Waals surface area contributed by atoms with Gasteiger partial charge >= 0.3 is 0 Å². The Morgan fingerprint density at radius 3 is 2.39 bits per heavy atom. The first kappa shape index (κ1) is 19.6. The van der Waals surface area contributed by atoms with E-state index in [9.17, 15) is 4.79 Å². The fraction of sp³-hybridized carbons (Fsp3) is 0.409. The molecule has 3 atom stereocenters. The molecule has 1 amide bonds. The van der Waals surface area contributed by atoms with Gasteiger partial charge in [-0.2, -0.15) is 0 Å². The molecule has 148 valence electrons. The van der Waals surface area contributed by atoms with Gasteiger partial charge in [0.2, 0.25) is 5.91 Å². The quantitative estimate of drug-likeness (QED) is 0.714. The van der Waals surface area contributed by atoms with Crippen molar-refractivity contribution in [3.8, 4) is 0 Å². The molecule has 4 rings (SSSR count). The number of amides is 1. The van der Waals surface area contributed by atoms with E-state index < -0.39 is 0 Å². The van der Waals surface area contributed by atoms with Gasteiger partial charge in [0, 0.05) is 40.4 Å². The van der Waals surface area contributed by atoms with Crippen LogP contribution in [0.1, 0.15) is 31.2 Å². The number of piperidine rings is 1. The summed E-state index contributed by atoms with van der Waals surface area (Å²) >= 11 is 12.0. The van der Waals surface area contributed by atoms with Crippen LogP contribution in [-0.2, 0) is 11.3 Å². The summed E-state index contributed by atoms with van der Waals surface area (Å²) in [5.74, 6) is 0.0375. The van der Waals surface area contributed by atoms with Gasteiger partial charge in [-0.3, -0.25) is 9.69 Å². The summed E-state index contributed by atoms with van der Waals surface area (Å²) < 4.78 is 0. The third-order valence-corrected chi connectivity index (χ3v) is 6.29. The SMILES string of the molecule is O=C(CNc1cccc(Cl)c1)N[C@H]1C[C@H]2CC[C@@H](C1)N2Cc1ccc(Cl)cc1. The van der Waals surface area contributed by atoms with E-state index in [1.54, 1.807) is 0 Å². The van der Waals surface area contributed by atoms with Crippen LogP contribution < -0.4 is 10.6 Å². The molecule has 0 radical (unpaired) electrons. The predicted molar refractivity (Wildman–Crippen MR) is 115 cm³/mol. The summed E-state index contributed by atoms with van der Waals surface area (Å²) in [6, 6.07) is 16.9. The highest BCUT2D eigenvalue weighted by molar-refractivity contribution is 6.31. The van der Waals surface area contributed by atoms with Crippen molar-refractivity contribution in [3.63, 3.8) is 0 Å². The van der Waals surface area contributed by atoms with Gasteiger partial charge in [0.15, 0.2) is 0 Å². The number of nitrogens with one attached hydrogen (secondary N) is 2. The van der Waals surface area contributed by atoms with Gasteiger partial charge in [-0.25, -0.2) is 0 Å². The molecule has 2 N–H and O–H groups in total. The molecule has 0 saturated carbocycles. The zero-order valence-electron chi connectivity index (χ0n) is 15.7. The van der Waals surface area contributed by atoms with Gasteiger partial charge in [0.1, 0.15) is 0 Å². The minimum atomic E-state index is 0.0375. The van der Waals surface area contributed by atoms with Crippen LogP contribution in [0.2, 0.25) is 10.0 Å². The molecule has 2 aliphatic rings. The molecule has 2 aliphatic heterocycles. The molecule has 0 unspecified atom stereocenters. The molecule has 4 nitrogen and oxygen atoms in total. The van der Waals surface area contributed by atoms with E-state index in [1.165, 1.54) is 18.4 Å². The van der Waals surface area contributed by atoms with Gasteiger partial charge in [-0.05, 0) is 61.6 Å². The minimum Gasteiger partial charge on any atom is -0.376 e. The lowest BCUT2D eigenvalue weighted by atomic mass is 9.96. The van der Waals surface area contributed by atoms with Crippen molar-refractivity contribution < 1.29 is 4.79 Å². The van der Waals surface area contributed by atoms with Crippen LogP contribution in [0.5, 0.6) is 0 Å². The number of anilines is 1. The second kappa shape index (κ2) is 8.73. The molecule has 6 heteroatoms. The number of benzene rings is 2. The Morgan fingerprint density at radius 1 is 1.00 bits per heavy atom. The maximum absolute atomic E-state index is 12.4. The normalized spacial score (nSPS) is 24.1. The summed E-state index contributed by atoms with van der Waals surface area (Å²) in [5.41, 5.74) is 2.16. The second-order valence-electron chi connectivity index (χ2n) is 7.78. The van der Waals surface area contributed by atoms with E-state index in [0.29, 0.717) is 17.1 Å². The number of nitrogens with zero attached hydrogens (tertiary/aromatic N) is 1. The number of carbonyl (C=O) groups is 1. The van der Waals surface area contributed by atoms with Gasteiger partial charge in [0.25, 0.3) is 0 Å². The fourth-order valence-electron chi connectivity index (χ4n) is 4.51. The van der Waals surface area contributed by atoms with E-state index >= 15 is 0 Å².